The van der Waals surface area contributed by atoms with Gasteiger partial charge in [0.15, 0.2) is 0 Å². The van der Waals surface area contributed by atoms with Crippen molar-refractivity contribution in [3.8, 4) is 0 Å². The maximum Gasteiger partial charge on any atom is 0.254 e. The third-order valence-corrected chi connectivity index (χ3v) is 2.72. The first-order chi connectivity index (χ1) is 9.10. The molecule has 0 unspecified atom stereocenters. The number of nitrogens with one attached hydrogen (secondary N) is 1. The van der Waals surface area contributed by atoms with Gasteiger partial charge in [-0.3, -0.25) is 9.59 Å². The molecule has 0 fully saturated rings. The van der Waals surface area contributed by atoms with Crippen LogP contribution in [0.25, 0.3) is 0 Å². The topological polar surface area (TPSA) is 75.4 Å². The molecule has 0 aliphatic rings. The summed E-state index contributed by atoms with van der Waals surface area (Å²) in [5, 5.41) is 2.83. The minimum atomic E-state index is -0.307. The molecule has 0 aliphatic heterocycles. The van der Waals surface area contributed by atoms with Crippen LogP contribution in [0.15, 0.2) is 18.2 Å². The van der Waals surface area contributed by atoms with Gasteiger partial charge >= 0.3 is 0 Å². The fourth-order valence-electron chi connectivity index (χ4n) is 1.88. The Morgan fingerprint density at radius 1 is 1.30 bits per heavy atom. The Labute approximate surface area is 120 Å². The van der Waals surface area contributed by atoms with Crippen LogP contribution in [-0.4, -0.2) is 35.8 Å². The largest absolute Gasteiger partial charge is 0.399 e. The minimum Gasteiger partial charge on any atom is -0.399 e. The van der Waals surface area contributed by atoms with Gasteiger partial charge in [0.1, 0.15) is 0 Å². The van der Waals surface area contributed by atoms with Crippen molar-refractivity contribution in [3.63, 3.8) is 0 Å². The number of carbonyl (C=O) groups is 2. The molecule has 0 spiro atoms. The van der Waals surface area contributed by atoms with Crippen LogP contribution >= 0.6 is 0 Å². The summed E-state index contributed by atoms with van der Waals surface area (Å²) in [5.74, 6) is -0.368. The molecule has 1 aromatic carbocycles. The lowest BCUT2D eigenvalue weighted by Crippen LogP contribution is -2.46. The molecular weight excluding hydrogens is 254 g/mol. The summed E-state index contributed by atoms with van der Waals surface area (Å²) >= 11 is 0. The highest BCUT2D eigenvalue weighted by molar-refractivity contribution is 5.97. The summed E-state index contributed by atoms with van der Waals surface area (Å²) in [5.41, 5.74) is 7.34. The Morgan fingerprint density at radius 3 is 2.40 bits per heavy atom. The zero-order valence-electron chi connectivity index (χ0n) is 12.8. The van der Waals surface area contributed by atoms with Crippen molar-refractivity contribution in [1.29, 1.82) is 0 Å². The summed E-state index contributed by atoms with van der Waals surface area (Å²) in [6, 6.07) is 5.12. The average Bonchev–Trinajstić information content (AvgIpc) is 2.25. The minimum absolute atomic E-state index is 0.0277. The lowest BCUT2D eigenvalue weighted by molar-refractivity contribution is -0.122. The molecule has 0 heterocycles. The number of aryl methyl sites for hydroxylation is 1. The first-order valence-corrected chi connectivity index (χ1v) is 6.53. The Hall–Kier alpha value is -2.04. The highest BCUT2D eigenvalue weighted by atomic mass is 16.2. The zero-order chi connectivity index (χ0) is 15.5. The normalized spacial score (nSPS) is 11.1. The van der Waals surface area contributed by atoms with Gasteiger partial charge in [-0.2, -0.15) is 0 Å². The molecule has 5 nitrogen and oxygen atoms in total. The Morgan fingerprint density at radius 2 is 1.90 bits per heavy atom. The second-order valence-electron chi connectivity index (χ2n) is 6.03. The number of hydrogen-bond donors (Lipinski definition) is 2. The second-order valence-corrected chi connectivity index (χ2v) is 6.03. The predicted molar refractivity (Wildman–Crippen MR) is 80.4 cm³/mol. The first kappa shape index (κ1) is 16.0. The number of rotatable bonds is 3. The standard InChI is InChI=1S/C15H23N3O2/c1-10-8-11(16)6-7-12(10)14(20)18(5)9-13(19)17-15(2,3)4/h6-8H,9,16H2,1-5H3,(H,17,19). The van der Waals surface area contributed by atoms with Crippen LogP contribution in [0.1, 0.15) is 36.7 Å². The lowest BCUT2D eigenvalue weighted by atomic mass is 10.1. The Bertz CT molecular complexity index is 518. The van der Waals surface area contributed by atoms with Gasteiger partial charge in [-0.1, -0.05) is 0 Å². The molecule has 5 heteroatoms. The van der Waals surface area contributed by atoms with Gasteiger partial charge in [0, 0.05) is 23.8 Å². The van der Waals surface area contributed by atoms with Gasteiger partial charge in [0.05, 0.1) is 6.54 Å². The van der Waals surface area contributed by atoms with E-state index < -0.39 is 0 Å². The van der Waals surface area contributed by atoms with Gasteiger partial charge in [-0.25, -0.2) is 0 Å². The predicted octanol–water partition coefficient (Wildman–Crippen LogP) is 1.56. The van der Waals surface area contributed by atoms with E-state index in [1.165, 1.54) is 4.90 Å². The average molecular weight is 277 g/mol. The third kappa shape index (κ3) is 4.57. The number of anilines is 1. The maximum atomic E-state index is 12.3. The molecule has 0 saturated carbocycles. The second kappa shape index (κ2) is 5.94. The van der Waals surface area contributed by atoms with Crippen molar-refractivity contribution in [3.05, 3.63) is 29.3 Å². The van der Waals surface area contributed by atoms with E-state index in [-0.39, 0.29) is 23.9 Å². The fourth-order valence-corrected chi connectivity index (χ4v) is 1.88. The molecule has 0 radical (unpaired) electrons. The van der Waals surface area contributed by atoms with Crippen LogP contribution in [0.5, 0.6) is 0 Å². The molecule has 0 aliphatic carbocycles. The molecule has 2 amide bonds. The molecule has 20 heavy (non-hydrogen) atoms. The SMILES string of the molecule is Cc1cc(N)ccc1C(=O)N(C)CC(=O)NC(C)(C)C. The molecule has 3 N–H and O–H groups in total. The van der Waals surface area contributed by atoms with Crippen molar-refractivity contribution >= 4 is 17.5 Å². The quantitative estimate of drug-likeness (QED) is 0.823. The number of hydrogen-bond acceptors (Lipinski definition) is 3. The highest BCUT2D eigenvalue weighted by Gasteiger charge is 2.19. The number of benzene rings is 1. The lowest BCUT2D eigenvalue weighted by Gasteiger charge is -2.23. The van der Waals surface area contributed by atoms with Gasteiger partial charge in [-0.15, -0.1) is 0 Å². The van der Waals surface area contributed by atoms with Crippen LogP contribution in [0, 0.1) is 6.92 Å². The zero-order valence-corrected chi connectivity index (χ0v) is 12.8. The fraction of sp³-hybridized carbons (Fsp3) is 0.467. The molecule has 0 atom stereocenters. The number of amides is 2. The summed E-state index contributed by atoms with van der Waals surface area (Å²) < 4.78 is 0. The van der Waals surface area contributed by atoms with Crippen LogP contribution in [0.4, 0.5) is 5.69 Å². The molecule has 1 aromatic rings. The number of nitrogens with two attached hydrogens (primary N) is 1. The van der Waals surface area contributed by atoms with Crippen molar-refractivity contribution in [2.75, 3.05) is 19.3 Å². The van der Waals surface area contributed by atoms with Crippen LogP contribution < -0.4 is 11.1 Å². The summed E-state index contributed by atoms with van der Waals surface area (Å²) in [7, 11) is 1.61. The molecular formula is C15H23N3O2. The van der Waals surface area contributed by atoms with E-state index in [4.69, 9.17) is 5.73 Å². The van der Waals surface area contributed by atoms with Gasteiger partial charge in [0.25, 0.3) is 5.91 Å². The summed E-state index contributed by atoms with van der Waals surface area (Å²) in [4.78, 5) is 25.5. The van der Waals surface area contributed by atoms with E-state index in [9.17, 15) is 9.59 Å². The third-order valence-electron chi connectivity index (χ3n) is 2.72. The Kier molecular flexibility index (Phi) is 4.76. The van der Waals surface area contributed by atoms with E-state index in [1.807, 2.05) is 27.7 Å². The van der Waals surface area contributed by atoms with Crippen LogP contribution in [0.2, 0.25) is 0 Å². The maximum absolute atomic E-state index is 12.3. The van der Waals surface area contributed by atoms with Crippen molar-refractivity contribution in [2.45, 2.75) is 33.2 Å². The number of carbonyl (C=O) groups excluding carboxylic acids is 2. The van der Waals surface area contributed by atoms with Crippen molar-refractivity contribution in [2.24, 2.45) is 0 Å². The van der Waals surface area contributed by atoms with Crippen LogP contribution in [0.3, 0.4) is 0 Å². The molecule has 1 rings (SSSR count). The van der Waals surface area contributed by atoms with Crippen LogP contribution in [-0.2, 0) is 4.79 Å². The van der Waals surface area contributed by atoms with E-state index in [2.05, 4.69) is 5.32 Å². The van der Waals surface area contributed by atoms with Crippen molar-refractivity contribution < 1.29 is 9.59 Å². The van der Waals surface area contributed by atoms with E-state index >= 15 is 0 Å². The highest BCUT2D eigenvalue weighted by Crippen LogP contribution is 2.14. The summed E-state index contributed by atoms with van der Waals surface area (Å²) in [6.07, 6.45) is 0. The van der Waals surface area contributed by atoms with E-state index in [1.54, 1.807) is 25.2 Å². The molecule has 0 aromatic heterocycles. The van der Waals surface area contributed by atoms with Gasteiger partial charge in [-0.05, 0) is 51.5 Å². The Balaban J connectivity index is 2.75. The molecule has 0 bridgehead atoms. The molecule has 0 saturated heterocycles. The van der Waals surface area contributed by atoms with Gasteiger partial charge < -0.3 is 16.0 Å². The molecule has 110 valence electrons. The summed E-state index contributed by atoms with van der Waals surface area (Å²) in [6.45, 7) is 7.55. The number of likely N-dealkylation sites (N-methyl/N-ethyl adjacent to an activating group) is 1. The number of nitrogens with zero attached hydrogens (tertiary/aromatic N) is 1. The number of nitrogen functional groups attached to an aromatic ring is 1. The smallest absolute Gasteiger partial charge is 0.254 e. The monoisotopic (exact) mass is 277 g/mol. The van der Waals surface area contributed by atoms with E-state index in [0.29, 0.717) is 11.3 Å². The first-order valence-electron chi connectivity index (χ1n) is 6.53. The van der Waals surface area contributed by atoms with Gasteiger partial charge in [0.2, 0.25) is 5.91 Å². The van der Waals surface area contributed by atoms with E-state index in [0.717, 1.165) is 5.56 Å². The van der Waals surface area contributed by atoms with Crippen molar-refractivity contribution in [1.82, 2.24) is 10.2 Å².